The van der Waals surface area contributed by atoms with Gasteiger partial charge in [-0.25, -0.2) is 0 Å². The van der Waals surface area contributed by atoms with Gasteiger partial charge in [0, 0.05) is 18.7 Å². The summed E-state index contributed by atoms with van der Waals surface area (Å²) in [6.45, 7) is 8.89. The highest BCUT2D eigenvalue weighted by atomic mass is 35.5. The van der Waals surface area contributed by atoms with Crippen LogP contribution in [0.1, 0.15) is 43.5 Å². The highest BCUT2D eigenvalue weighted by Crippen LogP contribution is 2.39. The smallest absolute Gasteiger partial charge is 0.254 e. The lowest BCUT2D eigenvalue weighted by molar-refractivity contribution is 0.0761. The van der Waals surface area contributed by atoms with Crippen LogP contribution in [0.5, 0.6) is 11.5 Å². The van der Waals surface area contributed by atoms with Crippen molar-refractivity contribution in [2.75, 3.05) is 39.4 Å². The SMILES string of the molecule is CCOc1ccc(C(=O)N2CCC3(CCNCC3)C2)cc1OCC.Cl. The van der Waals surface area contributed by atoms with Crippen molar-refractivity contribution in [2.24, 2.45) is 5.41 Å². The number of nitrogens with zero attached hydrogens (tertiary/aromatic N) is 1. The van der Waals surface area contributed by atoms with Crippen LogP contribution < -0.4 is 14.8 Å². The lowest BCUT2D eigenvalue weighted by Crippen LogP contribution is -2.39. The third-order valence-electron chi connectivity index (χ3n) is 5.18. The maximum atomic E-state index is 12.9. The third kappa shape index (κ3) is 4.39. The van der Waals surface area contributed by atoms with Crippen LogP contribution >= 0.6 is 12.4 Å². The van der Waals surface area contributed by atoms with Crippen LogP contribution in [0, 0.1) is 5.41 Å². The average molecular weight is 369 g/mol. The van der Waals surface area contributed by atoms with Crippen LogP contribution in [0.2, 0.25) is 0 Å². The van der Waals surface area contributed by atoms with E-state index in [1.54, 1.807) is 0 Å². The standard InChI is InChI=1S/C19H28N2O3.ClH/c1-3-23-16-6-5-15(13-17(16)24-4-2)18(22)21-12-9-19(14-21)7-10-20-11-8-19;/h5-6,13,20H,3-4,7-12,14H2,1-2H3;1H. The van der Waals surface area contributed by atoms with E-state index in [1.807, 2.05) is 36.9 Å². The van der Waals surface area contributed by atoms with Crippen LogP contribution in [0.15, 0.2) is 18.2 Å². The number of piperidine rings is 1. The molecule has 2 saturated heterocycles. The molecule has 0 radical (unpaired) electrons. The maximum Gasteiger partial charge on any atom is 0.254 e. The number of likely N-dealkylation sites (tertiary alicyclic amines) is 1. The molecule has 140 valence electrons. The number of hydrogen-bond acceptors (Lipinski definition) is 4. The van der Waals surface area contributed by atoms with E-state index in [9.17, 15) is 4.79 Å². The van der Waals surface area contributed by atoms with Gasteiger partial charge in [-0.15, -0.1) is 12.4 Å². The van der Waals surface area contributed by atoms with E-state index >= 15 is 0 Å². The minimum Gasteiger partial charge on any atom is -0.490 e. The first kappa shape index (κ1) is 19.9. The molecule has 2 fully saturated rings. The fourth-order valence-electron chi connectivity index (χ4n) is 3.84. The molecule has 2 heterocycles. The van der Waals surface area contributed by atoms with Crippen LogP contribution in [0.4, 0.5) is 0 Å². The topological polar surface area (TPSA) is 50.8 Å². The summed E-state index contributed by atoms with van der Waals surface area (Å²) in [5, 5.41) is 3.42. The second-order valence-corrected chi connectivity index (χ2v) is 6.75. The Morgan fingerprint density at radius 3 is 2.48 bits per heavy atom. The second-order valence-electron chi connectivity index (χ2n) is 6.75. The fourth-order valence-corrected chi connectivity index (χ4v) is 3.84. The molecule has 0 saturated carbocycles. The Balaban J connectivity index is 0.00000225. The molecule has 2 aliphatic rings. The maximum absolute atomic E-state index is 12.9. The van der Waals surface area contributed by atoms with Crippen LogP contribution in [-0.4, -0.2) is 50.2 Å². The quantitative estimate of drug-likeness (QED) is 0.867. The number of carbonyl (C=O) groups excluding carboxylic acids is 1. The van der Waals surface area contributed by atoms with Crippen LogP contribution in [0.25, 0.3) is 0 Å². The summed E-state index contributed by atoms with van der Waals surface area (Å²) in [5.41, 5.74) is 1.02. The van der Waals surface area contributed by atoms with E-state index < -0.39 is 0 Å². The molecule has 0 aliphatic carbocycles. The van der Waals surface area contributed by atoms with Crippen LogP contribution in [-0.2, 0) is 0 Å². The van der Waals surface area contributed by atoms with Gasteiger partial charge >= 0.3 is 0 Å². The van der Waals surface area contributed by atoms with E-state index in [4.69, 9.17) is 9.47 Å². The zero-order valence-corrected chi connectivity index (χ0v) is 16.0. The largest absolute Gasteiger partial charge is 0.490 e. The molecule has 1 aromatic rings. The van der Waals surface area contributed by atoms with Gasteiger partial charge in [0.1, 0.15) is 0 Å². The number of rotatable bonds is 5. The first-order chi connectivity index (χ1) is 11.7. The van der Waals surface area contributed by atoms with Gasteiger partial charge < -0.3 is 19.7 Å². The third-order valence-corrected chi connectivity index (χ3v) is 5.18. The molecule has 0 unspecified atom stereocenters. The van der Waals surface area contributed by atoms with Crippen molar-refractivity contribution in [3.63, 3.8) is 0 Å². The van der Waals surface area contributed by atoms with Crippen molar-refractivity contribution < 1.29 is 14.3 Å². The summed E-state index contributed by atoms with van der Waals surface area (Å²) in [6.07, 6.45) is 3.46. The molecule has 5 nitrogen and oxygen atoms in total. The number of carbonyl (C=O) groups is 1. The Hall–Kier alpha value is -1.46. The summed E-state index contributed by atoms with van der Waals surface area (Å²) < 4.78 is 11.2. The number of halogens is 1. The van der Waals surface area contributed by atoms with Crippen molar-refractivity contribution in [3.8, 4) is 11.5 Å². The summed E-state index contributed by atoms with van der Waals surface area (Å²) >= 11 is 0. The van der Waals surface area contributed by atoms with E-state index in [1.165, 1.54) is 12.8 Å². The van der Waals surface area contributed by atoms with Crippen molar-refractivity contribution in [1.82, 2.24) is 10.2 Å². The van der Waals surface area contributed by atoms with Crippen molar-refractivity contribution in [2.45, 2.75) is 33.1 Å². The zero-order valence-electron chi connectivity index (χ0n) is 15.2. The lowest BCUT2D eigenvalue weighted by atomic mass is 9.78. The van der Waals surface area contributed by atoms with Gasteiger partial charge in [0.2, 0.25) is 0 Å². The molecule has 1 spiro atoms. The van der Waals surface area contributed by atoms with Gasteiger partial charge in [-0.05, 0) is 69.8 Å². The highest BCUT2D eigenvalue weighted by Gasteiger charge is 2.40. The van der Waals surface area contributed by atoms with Gasteiger partial charge in [0.05, 0.1) is 13.2 Å². The van der Waals surface area contributed by atoms with Gasteiger partial charge in [-0.1, -0.05) is 0 Å². The van der Waals surface area contributed by atoms with E-state index in [0.29, 0.717) is 35.7 Å². The zero-order chi connectivity index (χ0) is 17.0. The number of ether oxygens (including phenoxy) is 2. The predicted molar refractivity (Wildman–Crippen MR) is 101 cm³/mol. The van der Waals surface area contributed by atoms with Gasteiger partial charge in [0.25, 0.3) is 5.91 Å². The van der Waals surface area contributed by atoms with E-state index in [0.717, 1.165) is 32.6 Å². The molecular formula is C19H29ClN2O3. The Labute approximate surface area is 156 Å². The molecule has 1 N–H and O–H groups in total. The van der Waals surface area contributed by atoms with Crippen LogP contribution in [0.3, 0.4) is 0 Å². The number of hydrogen-bond donors (Lipinski definition) is 1. The molecule has 1 aromatic carbocycles. The minimum atomic E-state index is 0. The molecule has 0 bridgehead atoms. The van der Waals surface area contributed by atoms with Crippen molar-refractivity contribution in [1.29, 1.82) is 0 Å². The van der Waals surface area contributed by atoms with Gasteiger partial charge in [-0.3, -0.25) is 4.79 Å². The summed E-state index contributed by atoms with van der Waals surface area (Å²) in [4.78, 5) is 14.9. The molecule has 6 heteroatoms. The highest BCUT2D eigenvalue weighted by molar-refractivity contribution is 5.95. The second kappa shape index (κ2) is 8.77. The normalized spacial score (nSPS) is 18.7. The lowest BCUT2D eigenvalue weighted by Gasteiger charge is -2.33. The Morgan fingerprint density at radius 2 is 1.80 bits per heavy atom. The molecule has 1 amide bonds. The predicted octanol–water partition coefficient (Wildman–Crippen LogP) is 3.12. The Kier molecular flexibility index (Phi) is 6.96. The first-order valence-electron chi connectivity index (χ1n) is 9.07. The number of nitrogens with one attached hydrogen (secondary N) is 1. The Morgan fingerprint density at radius 1 is 1.12 bits per heavy atom. The average Bonchev–Trinajstić information content (AvgIpc) is 3.00. The Bertz CT molecular complexity index is 588. The number of amides is 1. The van der Waals surface area contributed by atoms with E-state index in [2.05, 4.69) is 5.32 Å². The van der Waals surface area contributed by atoms with Gasteiger partial charge in [0.15, 0.2) is 11.5 Å². The van der Waals surface area contributed by atoms with Crippen molar-refractivity contribution >= 4 is 18.3 Å². The summed E-state index contributed by atoms with van der Waals surface area (Å²) in [6, 6.07) is 5.52. The molecule has 0 atom stereocenters. The summed E-state index contributed by atoms with van der Waals surface area (Å²) in [5.74, 6) is 1.46. The first-order valence-corrected chi connectivity index (χ1v) is 9.07. The van der Waals surface area contributed by atoms with Crippen molar-refractivity contribution in [3.05, 3.63) is 23.8 Å². The molecular weight excluding hydrogens is 340 g/mol. The van der Waals surface area contributed by atoms with Gasteiger partial charge in [-0.2, -0.15) is 0 Å². The number of benzene rings is 1. The molecule has 3 rings (SSSR count). The van der Waals surface area contributed by atoms with E-state index in [-0.39, 0.29) is 18.3 Å². The molecule has 25 heavy (non-hydrogen) atoms. The molecule has 2 aliphatic heterocycles. The molecule has 0 aromatic heterocycles. The fraction of sp³-hybridized carbons (Fsp3) is 0.632. The summed E-state index contributed by atoms with van der Waals surface area (Å²) in [7, 11) is 0. The minimum absolute atomic E-state index is 0. The monoisotopic (exact) mass is 368 g/mol.